The second-order valence-corrected chi connectivity index (χ2v) is 7.16. The highest BCUT2D eigenvalue weighted by molar-refractivity contribution is 7.92. The van der Waals surface area contributed by atoms with Crippen LogP contribution in [0.15, 0.2) is 18.2 Å². The molecule has 0 spiro atoms. The van der Waals surface area contributed by atoms with Gasteiger partial charge in [0.25, 0.3) is 0 Å². The zero-order valence-corrected chi connectivity index (χ0v) is 12.7. The first-order valence-corrected chi connectivity index (χ1v) is 8.78. The van der Waals surface area contributed by atoms with Crippen molar-refractivity contribution in [3.8, 4) is 0 Å². The molecule has 2 N–H and O–H groups in total. The number of hydrogen-bond donors (Lipinski definition) is 2. The summed E-state index contributed by atoms with van der Waals surface area (Å²) in [5.74, 6) is -0.822. The second-order valence-electron chi connectivity index (χ2n) is 5.41. The largest absolute Gasteiger partial charge is 0.353 e. The average molecular weight is 314 g/mol. The molecule has 21 heavy (non-hydrogen) atoms. The summed E-state index contributed by atoms with van der Waals surface area (Å²) in [7, 11) is -3.52. The van der Waals surface area contributed by atoms with Crippen LogP contribution in [0.5, 0.6) is 0 Å². The lowest BCUT2D eigenvalue weighted by Crippen LogP contribution is -2.33. The smallest absolute Gasteiger partial charge is 0.229 e. The lowest BCUT2D eigenvalue weighted by atomic mass is 10.1. The molecule has 1 aromatic rings. The molecule has 1 fully saturated rings. The van der Waals surface area contributed by atoms with Crippen molar-refractivity contribution in [1.82, 2.24) is 5.32 Å². The fourth-order valence-corrected chi connectivity index (χ4v) is 3.05. The number of anilines is 1. The first kappa shape index (κ1) is 15.8. The van der Waals surface area contributed by atoms with Crippen molar-refractivity contribution in [1.29, 1.82) is 0 Å². The number of nitrogens with one attached hydrogen (secondary N) is 2. The lowest BCUT2D eigenvalue weighted by molar-refractivity contribution is -0.121. The van der Waals surface area contributed by atoms with Crippen molar-refractivity contribution in [2.75, 3.05) is 11.0 Å². The number of rotatable bonds is 5. The zero-order chi connectivity index (χ0) is 15.5. The minimum absolute atomic E-state index is 0.0899. The van der Waals surface area contributed by atoms with Gasteiger partial charge in [-0.05, 0) is 30.5 Å². The van der Waals surface area contributed by atoms with Crippen molar-refractivity contribution in [2.45, 2.75) is 38.1 Å². The van der Waals surface area contributed by atoms with Crippen molar-refractivity contribution < 1.29 is 17.6 Å². The molecule has 2 rings (SSSR count). The highest BCUT2D eigenvalue weighted by Crippen LogP contribution is 2.19. The van der Waals surface area contributed by atoms with Gasteiger partial charge in [0.05, 0.1) is 18.4 Å². The third kappa shape index (κ3) is 5.00. The Morgan fingerprint density at radius 1 is 1.33 bits per heavy atom. The van der Waals surface area contributed by atoms with E-state index < -0.39 is 15.8 Å². The van der Waals surface area contributed by atoms with E-state index in [1.807, 2.05) is 0 Å². The molecule has 116 valence electrons. The first-order valence-electron chi connectivity index (χ1n) is 6.89. The fraction of sp³-hybridized carbons (Fsp3) is 0.500. The molecule has 0 radical (unpaired) electrons. The van der Waals surface area contributed by atoms with Gasteiger partial charge in [0.15, 0.2) is 0 Å². The van der Waals surface area contributed by atoms with Gasteiger partial charge in [-0.2, -0.15) is 0 Å². The molecule has 1 saturated carbocycles. The van der Waals surface area contributed by atoms with Crippen molar-refractivity contribution in [2.24, 2.45) is 0 Å². The molecule has 7 heteroatoms. The molecular weight excluding hydrogens is 295 g/mol. The molecule has 1 aliphatic rings. The summed E-state index contributed by atoms with van der Waals surface area (Å²) in [5, 5.41) is 2.93. The molecule has 1 amide bonds. The molecule has 0 aliphatic heterocycles. The lowest BCUT2D eigenvalue weighted by Gasteiger charge is -2.12. The van der Waals surface area contributed by atoms with Crippen molar-refractivity contribution in [3.63, 3.8) is 0 Å². The summed E-state index contributed by atoms with van der Waals surface area (Å²) >= 11 is 0. The maximum Gasteiger partial charge on any atom is 0.229 e. The maximum absolute atomic E-state index is 13.8. The highest BCUT2D eigenvalue weighted by Gasteiger charge is 2.17. The molecular formula is C14H19FN2O3S. The van der Waals surface area contributed by atoms with E-state index in [0.717, 1.165) is 31.9 Å². The fourth-order valence-electron chi connectivity index (χ4n) is 2.49. The van der Waals surface area contributed by atoms with E-state index in [9.17, 15) is 17.6 Å². The normalized spacial score (nSPS) is 15.9. The quantitative estimate of drug-likeness (QED) is 0.870. The van der Waals surface area contributed by atoms with Crippen LogP contribution < -0.4 is 10.0 Å². The minimum atomic E-state index is -3.52. The van der Waals surface area contributed by atoms with Crippen LogP contribution in [-0.4, -0.2) is 26.6 Å². The Hall–Kier alpha value is -1.63. The van der Waals surface area contributed by atoms with Crippen LogP contribution in [0.2, 0.25) is 0 Å². The molecule has 1 aromatic carbocycles. The number of carbonyl (C=O) groups excluding carboxylic acids is 1. The van der Waals surface area contributed by atoms with E-state index in [0.29, 0.717) is 5.56 Å². The van der Waals surface area contributed by atoms with Crippen LogP contribution in [0.1, 0.15) is 31.2 Å². The summed E-state index contributed by atoms with van der Waals surface area (Å²) in [5.41, 5.74) is 0.402. The summed E-state index contributed by atoms with van der Waals surface area (Å²) in [4.78, 5) is 11.8. The number of halogens is 1. The number of sulfonamides is 1. The van der Waals surface area contributed by atoms with E-state index in [1.165, 1.54) is 12.1 Å². The Labute approximate surface area is 124 Å². The van der Waals surface area contributed by atoms with Gasteiger partial charge in [-0.3, -0.25) is 9.52 Å². The van der Waals surface area contributed by atoms with Crippen molar-refractivity contribution in [3.05, 3.63) is 29.6 Å². The summed E-state index contributed by atoms with van der Waals surface area (Å²) in [6, 6.07) is 4.29. The minimum Gasteiger partial charge on any atom is -0.353 e. The average Bonchev–Trinajstić information content (AvgIpc) is 2.84. The van der Waals surface area contributed by atoms with E-state index in [1.54, 1.807) is 6.07 Å². The zero-order valence-electron chi connectivity index (χ0n) is 11.9. The Morgan fingerprint density at radius 3 is 2.57 bits per heavy atom. The van der Waals surface area contributed by atoms with Crippen LogP contribution in [0.3, 0.4) is 0 Å². The van der Waals surface area contributed by atoms with Gasteiger partial charge in [0.2, 0.25) is 15.9 Å². The van der Waals surface area contributed by atoms with Gasteiger partial charge in [0, 0.05) is 6.04 Å². The molecule has 0 unspecified atom stereocenters. The van der Waals surface area contributed by atoms with Gasteiger partial charge in [-0.1, -0.05) is 18.9 Å². The number of hydrogen-bond acceptors (Lipinski definition) is 3. The number of benzene rings is 1. The summed E-state index contributed by atoms with van der Waals surface area (Å²) < 4.78 is 38.0. The van der Waals surface area contributed by atoms with Crippen molar-refractivity contribution >= 4 is 21.6 Å². The van der Waals surface area contributed by atoms with Gasteiger partial charge in [-0.25, -0.2) is 12.8 Å². The number of carbonyl (C=O) groups is 1. The van der Waals surface area contributed by atoms with Crippen LogP contribution in [-0.2, 0) is 21.2 Å². The topological polar surface area (TPSA) is 75.3 Å². The molecule has 0 bridgehead atoms. The summed E-state index contributed by atoms with van der Waals surface area (Å²) in [6.45, 7) is 0. The molecule has 1 aliphatic carbocycles. The Balaban J connectivity index is 1.97. The van der Waals surface area contributed by atoms with Crippen LogP contribution in [0.4, 0.5) is 10.1 Å². The van der Waals surface area contributed by atoms with E-state index in [4.69, 9.17) is 0 Å². The molecule has 0 atom stereocenters. The van der Waals surface area contributed by atoms with Gasteiger partial charge < -0.3 is 5.32 Å². The highest BCUT2D eigenvalue weighted by atomic mass is 32.2. The predicted molar refractivity (Wildman–Crippen MR) is 79.0 cm³/mol. The van der Waals surface area contributed by atoms with Gasteiger partial charge >= 0.3 is 0 Å². The monoisotopic (exact) mass is 314 g/mol. The predicted octanol–water partition coefficient (Wildman–Crippen LogP) is 1.80. The van der Waals surface area contributed by atoms with Crippen LogP contribution in [0.25, 0.3) is 0 Å². The van der Waals surface area contributed by atoms with Crippen LogP contribution in [0, 0.1) is 5.82 Å². The molecule has 0 saturated heterocycles. The SMILES string of the molecule is CS(=O)(=O)Nc1ccc(CC(=O)NC2CCCC2)cc1F. The number of amides is 1. The third-order valence-corrected chi connectivity index (χ3v) is 4.00. The molecule has 0 heterocycles. The Bertz CT molecular complexity index is 625. The standard InChI is InChI=1S/C14H19FN2O3S/c1-21(19,20)17-13-7-6-10(8-12(13)15)9-14(18)16-11-4-2-3-5-11/h6-8,11,17H,2-5,9H2,1H3,(H,16,18). The van der Waals surface area contributed by atoms with E-state index in [2.05, 4.69) is 10.0 Å². The summed E-state index contributed by atoms with van der Waals surface area (Å²) in [6.07, 6.45) is 5.30. The second kappa shape index (κ2) is 6.43. The van der Waals surface area contributed by atoms with Gasteiger partial charge in [-0.15, -0.1) is 0 Å². The van der Waals surface area contributed by atoms with Crippen LogP contribution >= 0.6 is 0 Å². The van der Waals surface area contributed by atoms with Gasteiger partial charge in [0.1, 0.15) is 5.82 Å². The Morgan fingerprint density at radius 2 is 2.00 bits per heavy atom. The molecule has 0 aromatic heterocycles. The first-order chi connectivity index (χ1) is 9.83. The third-order valence-electron chi connectivity index (χ3n) is 3.41. The van der Waals surface area contributed by atoms with E-state index in [-0.39, 0.29) is 24.1 Å². The molecule has 5 nitrogen and oxygen atoms in total. The Kier molecular flexibility index (Phi) is 4.82. The maximum atomic E-state index is 13.8. The van der Waals surface area contributed by atoms with E-state index >= 15 is 0 Å².